The number of rotatable bonds is 1. The van der Waals surface area contributed by atoms with Gasteiger partial charge in [-0.2, -0.15) is 5.10 Å². The predicted molar refractivity (Wildman–Crippen MR) is 58.3 cm³/mol. The first-order valence-electron chi connectivity index (χ1n) is 4.13. The van der Waals surface area contributed by atoms with E-state index in [1.165, 1.54) is 0 Å². The molecule has 0 radical (unpaired) electrons. The number of thiol groups is 1. The van der Waals surface area contributed by atoms with Crippen LogP contribution in [0.2, 0.25) is 0 Å². The van der Waals surface area contributed by atoms with Crippen LogP contribution in [0.15, 0.2) is 30.5 Å². The van der Waals surface area contributed by atoms with Gasteiger partial charge in [0.15, 0.2) is 10.7 Å². The Labute approximate surface area is 92.5 Å². The highest BCUT2D eigenvalue weighted by atomic mass is 32.2. The van der Waals surface area contributed by atoms with Crippen LogP contribution in [0.5, 0.6) is 5.88 Å². The van der Waals surface area contributed by atoms with Crippen molar-refractivity contribution < 1.29 is 18.3 Å². The number of benzene rings is 1. The summed E-state index contributed by atoms with van der Waals surface area (Å²) < 4.78 is 18.1. The Bertz CT molecular complexity index is 555. The third-order valence-electron chi connectivity index (χ3n) is 1.64. The van der Waals surface area contributed by atoms with E-state index in [1.54, 1.807) is 12.3 Å². The van der Waals surface area contributed by atoms with Crippen molar-refractivity contribution in [2.24, 2.45) is 0 Å². The van der Waals surface area contributed by atoms with Crippen molar-refractivity contribution in [1.29, 1.82) is 0 Å². The van der Waals surface area contributed by atoms with Crippen molar-refractivity contribution in [3.05, 3.63) is 30.5 Å². The van der Waals surface area contributed by atoms with E-state index in [1.807, 2.05) is 18.2 Å². The molecule has 0 fully saturated rings. The van der Waals surface area contributed by atoms with Gasteiger partial charge in [0, 0.05) is 10.8 Å². The predicted octanol–water partition coefficient (Wildman–Crippen LogP) is 0.123. The van der Waals surface area contributed by atoms with Gasteiger partial charge in [-0.25, -0.2) is 8.42 Å². The number of hydrogen-bond acceptors (Lipinski definition) is 6. The number of carbonyl (C=O) groups is 1. The fraction of sp³-hybridized carbons (Fsp3) is 0. The molecule has 0 amide bonds. The lowest BCUT2D eigenvalue weighted by Gasteiger charge is -1.95. The van der Waals surface area contributed by atoms with Crippen LogP contribution >= 0.6 is 0 Å². The average Bonchev–Trinajstić information content (AvgIpc) is 2.30. The minimum absolute atomic E-state index is 0.0110. The van der Waals surface area contributed by atoms with E-state index in [0.29, 0.717) is 0 Å². The molecule has 2 aromatic rings. The maximum atomic E-state index is 9.20. The molecule has 1 N–H and O–H groups in total. The average molecular weight is 240 g/mol. The molecule has 0 unspecified atom stereocenters. The topological polar surface area (TPSA) is 97.2 Å². The van der Waals surface area contributed by atoms with Gasteiger partial charge in [0.25, 0.3) is 0 Å². The minimum atomic E-state index is -2.78. The Kier molecular flexibility index (Phi) is 4.34. The molecule has 16 heavy (non-hydrogen) atoms. The number of nitrogens with zero attached hydrogens (tertiary/aromatic N) is 2. The van der Waals surface area contributed by atoms with Crippen LogP contribution in [-0.4, -0.2) is 29.3 Å². The summed E-state index contributed by atoms with van der Waals surface area (Å²) in [5, 5.41) is 18.0. The Balaban J connectivity index is 0.000000221. The van der Waals surface area contributed by atoms with Gasteiger partial charge in [-0.05, 0) is 6.07 Å². The number of aromatic nitrogens is 2. The monoisotopic (exact) mass is 240 g/mol. The van der Waals surface area contributed by atoms with Gasteiger partial charge < -0.3 is 5.11 Å². The number of aromatic hydroxyl groups is 1. The van der Waals surface area contributed by atoms with Gasteiger partial charge in [0.2, 0.25) is 11.5 Å². The molecule has 0 aliphatic heterocycles. The molecule has 2 rings (SSSR count). The van der Waals surface area contributed by atoms with Gasteiger partial charge in [0.1, 0.15) is 0 Å². The summed E-state index contributed by atoms with van der Waals surface area (Å²) in [5.74, 6) is -0.0110. The van der Waals surface area contributed by atoms with Crippen LogP contribution in [-0.2, 0) is 15.5 Å². The van der Waals surface area contributed by atoms with Gasteiger partial charge in [-0.1, -0.05) is 18.2 Å². The summed E-state index contributed by atoms with van der Waals surface area (Å²) >= 11 is 0. The van der Waals surface area contributed by atoms with E-state index in [9.17, 15) is 5.11 Å². The highest BCUT2D eigenvalue weighted by Crippen LogP contribution is 2.18. The molecular weight excluding hydrogens is 232 g/mol. The second kappa shape index (κ2) is 5.76. The molecule has 84 valence electrons. The lowest BCUT2D eigenvalue weighted by molar-refractivity contribution is 0.452. The van der Waals surface area contributed by atoms with Crippen molar-refractivity contribution in [2.45, 2.75) is 0 Å². The van der Waals surface area contributed by atoms with Crippen molar-refractivity contribution in [3.63, 3.8) is 0 Å². The molecule has 6 nitrogen and oxygen atoms in total. The molecule has 7 heteroatoms. The van der Waals surface area contributed by atoms with Crippen molar-refractivity contribution in [3.8, 4) is 5.88 Å². The van der Waals surface area contributed by atoms with Gasteiger partial charge in [-0.3, -0.25) is 4.79 Å². The Morgan fingerprint density at radius 2 is 1.88 bits per heavy atom. The fourth-order valence-electron chi connectivity index (χ4n) is 1.01. The zero-order valence-electron chi connectivity index (χ0n) is 7.98. The molecule has 0 spiro atoms. The fourth-order valence-corrected chi connectivity index (χ4v) is 1.01. The van der Waals surface area contributed by atoms with Crippen LogP contribution in [0, 0.1) is 0 Å². The maximum Gasteiger partial charge on any atom is 0.238 e. The number of carbonyl (C=O) groups excluding carboxylic acids is 1. The van der Waals surface area contributed by atoms with Gasteiger partial charge >= 0.3 is 0 Å². The molecule has 1 heterocycles. The van der Waals surface area contributed by atoms with E-state index in [0.717, 1.165) is 10.8 Å². The Morgan fingerprint density at radius 3 is 2.44 bits per heavy atom. The van der Waals surface area contributed by atoms with Gasteiger partial charge in [-0.15, -0.1) is 5.10 Å². The molecule has 0 atom stereocenters. The molecule has 0 aliphatic rings. The van der Waals surface area contributed by atoms with E-state index < -0.39 is 10.7 Å². The van der Waals surface area contributed by atoms with Crippen LogP contribution < -0.4 is 0 Å². The lowest BCUT2D eigenvalue weighted by atomic mass is 10.2. The highest BCUT2D eigenvalue weighted by Gasteiger charge is 1.97. The van der Waals surface area contributed by atoms with E-state index in [4.69, 9.17) is 13.2 Å². The largest absolute Gasteiger partial charge is 0.492 e. The first-order valence-corrected chi connectivity index (χ1v) is 5.38. The minimum Gasteiger partial charge on any atom is -0.492 e. The first-order chi connectivity index (χ1) is 7.65. The molecule has 1 aromatic carbocycles. The first kappa shape index (κ1) is 12.1. The quantitative estimate of drug-likeness (QED) is 0.543. The SMILES string of the molecule is O=C[SH](=O)=O.Oc1nncc2ccccc12. The second-order valence-corrected chi connectivity index (χ2v) is 3.43. The molecular formula is C9H8N2O4S. The summed E-state index contributed by atoms with van der Waals surface area (Å²) in [6.45, 7) is 0. The van der Waals surface area contributed by atoms with E-state index in [2.05, 4.69) is 10.2 Å². The second-order valence-electron chi connectivity index (χ2n) is 2.65. The van der Waals surface area contributed by atoms with Crippen LogP contribution in [0.3, 0.4) is 0 Å². The highest BCUT2D eigenvalue weighted by molar-refractivity contribution is 7.86. The maximum absolute atomic E-state index is 9.20. The molecule has 1 aromatic heterocycles. The van der Waals surface area contributed by atoms with Crippen molar-refractivity contribution in [2.75, 3.05) is 0 Å². The molecule has 0 saturated carbocycles. The summed E-state index contributed by atoms with van der Waals surface area (Å²) in [6, 6.07) is 7.43. The van der Waals surface area contributed by atoms with Crippen LogP contribution in [0.1, 0.15) is 0 Å². The third-order valence-corrected chi connectivity index (χ3v) is 1.81. The van der Waals surface area contributed by atoms with Crippen molar-refractivity contribution >= 4 is 27.1 Å². The zero-order chi connectivity index (χ0) is 12.0. The summed E-state index contributed by atoms with van der Waals surface area (Å²) in [5.41, 5.74) is -0.130. The summed E-state index contributed by atoms with van der Waals surface area (Å²) in [7, 11) is -2.78. The third kappa shape index (κ3) is 3.28. The lowest BCUT2D eigenvalue weighted by Crippen LogP contribution is -1.81. The van der Waals surface area contributed by atoms with Gasteiger partial charge in [0.05, 0.1) is 6.20 Å². The van der Waals surface area contributed by atoms with Crippen LogP contribution in [0.25, 0.3) is 10.8 Å². The standard InChI is InChI=1S/C8H6N2O.CH2O3S/c11-8-7-4-2-1-3-6(7)5-9-10-8;2-1-5(3)4/h1-5H,(H,10,11);1,5H. The van der Waals surface area contributed by atoms with E-state index in [-0.39, 0.29) is 11.5 Å². The summed E-state index contributed by atoms with van der Waals surface area (Å²) in [6.07, 6.45) is 1.62. The Morgan fingerprint density at radius 1 is 1.25 bits per heavy atom. The molecule has 0 bridgehead atoms. The van der Waals surface area contributed by atoms with E-state index >= 15 is 0 Å². The molecule has 0 aliphatic carbocycles. The number of hydrogen-bond donors (Lipinski definition) is 2. The molecule has 0 saturated heterocycles. The van der Waals surface area contributed by atoms with Crippen molar-refractivity contribution in [1.82, 2.24) is 10.2 Å². The normalized spacial score (nSPS) is 9.56. The van der Waals surface area contributed by atoms with Crippen LogP contribution in [0.4, 0.5) is 0 Å². The smallest absolute Gasteiger partial charge is 0.238 e. The Hall–Kier alpha value is -2.02. The number of fused-ring (bicyclic) bond motifs is 1. The summed E-state index contributed by atoms with van der Waals surface area (Å²) in [4.78, 5) is 8.91. The zero-order valence-corrected chi connectivity index (χ0v) is 8.87.